The molecule has 3 heterocycles. The number of pyridine rings is 1. The summed E-state index contributed by atoms with van der Waals surface area (Å²) in [7, 11) is 0. The molecule has 0 fully saturated rings. The molecule has 0 aliphatic rings. The van der Waals surface area contributed by atoms with E-state index in [4.69, 9.17) is 16.0 Å². The van der Waals surface area contributed by atoms with Gasteiger partial charge in [0.2, 0.25) is 0 Å². The van der Waals surface area contributed by atoms with Crippen LogP contribution in [0, 0.1) is 0 Å². The van der Waals surface area contributed by atoms with Gasteiger partial charge in [-0.1, -0.05) is 11.6 Å². The number of nitrogens with zero attached hydrogens (tertiary/aromatic N) is 4. The molecule has 0 radical (unpaired) electrons. The summed E-state index contributed by atoms with van der Waals surface area (Å²) < 4.78 is 6.46. The third-order valence-corrected chi connectivity index (χ3v) is 2.61. The lowest BCUT2D eigenvalue weighted by atomic mass is 10.4. The Morgan fingerprint density at radius 3 is 2.94 bits per heavy atom. The van der Waals surface area contributed by atoms with Gasteiger partial charge in [-0.2, -0.15) is 0 Å². The van der Waals surface area contributed by atoms with Gasteiger partial charge in [-0.3, -0.25) is 9.55 Å². The molecule has 0 unspecified atom stereocenters. The van der Waals surface area contributed by atoms with Crippen LogP contribution in [0.5, 0.6) is 0 Å². The SMILES string of the molecule is O=c1oc2cccnc2n1Cc1cnc(Cl)cn1. The van der Waals surface area contributed by atoms with Crippen molar-refractivity contribution in [2.75, 3.05) is 0 Å². The van der Waals surface area contributed by atoms with Crippen LogP contribution < -0.4 is 5.76 Å². The second-order valence-electron chi connectivity index (χ2n) is 3.61. The molecule has 7 heteroatoms. The summed E-state index contributed by atoms with van der Waals surface area (Å²) in [5.41, 5.74) is 1.54. The van der Waals surface area contributed by atoms with Crippen molar-refractivity contribution in [3.05, 3.63) is 52.1 Å². The second kappa shape index (κ2) is 4.23. The number of fused-ring (bicyclic) bond motifs is 1. The number of hydrogen-bond donors (Lipinski definition) is 0. The van der Waals surface area contributed by atoms with Crippen molar-refractivity contribution < 1.29 is 4.42 Å². The van der Waals surface area contributed by atoms with Crippen molar-refractivity contribution in [3.63, 3.8) is 0 Å². The summed E-state index contributed by atoms with van der Waals surface area (Å²) in [5, 5.41) is 0.307. The number of halogens is 1. The minimum Gasteiger partial charge on any atom is -0.406 e. The summed E-state index contributed by atoms with van der Waals surface area (Å²) in [6, 6.07) is 3.39. The van der Waals surface area contributed by atoms with Gasteiger partial charge in [0.15, 0.2) is 11.2 Å². The molecule has 3 aromatic heterocycles. The second-order valence-corrected chi connectivity index (χ2v) is 4.00. The van der Waals surface area contributed by atoms with E-state index in [1.54, 1.807) is 18.3 Å². The molecule has 6 nitrogen and oxygen atoms in total. The van der Waals surface area contributed by atoms with Gasteiger partial charge in [0, 0.05) is 6.20 Å². The zero-order valence-corrected chi connectivity index (χ0v) is 9.83. The summed E-state index contributed by atoms with van der Waals surface area (Å²) in [4.78, 5) is 23.8. The number of oxazole rings is 1. The van der Waals surface area contributed by atoms with Gasteiger partial charge in [-0.25, -0.2) is 14.8 Å². The summed E-state index contributed by atoms with van der Waals surface area (Å²) in [5.74, 6) is -0.472. The summed E-state index contributed by atoms with van der Waals surface area (Å²) in [6.45, 7) is 0.243. The van der Waals surface area contributed by atoms with E-state index in [0.29, 0.717) is 22.1 Å². The molecule has 0 saturated heterocycles. The standard InChI is InChI=1S/C11H7ClN4O2/c12-9-5-14-7(4-15-9)6-16-10-8(18-11(16)17)2-1-3-13-10/h1-5H,6H2. The van der Waals surface area contributed by atoms with E-state index in [-0.39, 0.29) is 6.54 Å². The first-order valence-electron chi connectivity index (χ1n) is 5.15. The zero-order valence-electron chi connectivity index (χ0n) is 9.08. The third-order valence-electron chi connectivity index (χ3n) is 2.42. The van der Waals surface area contributed by atoms with Crippen molar-refractivity contribution in [2.45, 2.75) is 6.54 Å². The van der Waals surface area contributed by atoms with Gasteiger partial charge in [0.1, 0.15) is 5.15 Å². The molecular formula is C11H7ClN4O2. The van der Waals surface area contributed by atoms with Gasteiger partial charge in [-0.05, 0) is 12.1 Å². The van der Waals surface area contributed by atoms with Crippen LogP contribution in [0.15, 0.2) is 39.9 Å². The number of rotatable bonds is 2. The van der Waals surface area contributed by atoms with Crippen molar-refractivity contribution >= 4 is 22.8 Å². The monoisotopic (exact) mass is 262 g/mol. The fourth-order valence-electron chi connectivity index (χ4n) is 1.62. The van der Waals surface area contributed by atoms with Gasteiger partial charge in [-0.15, -0.1) is 0 Å². The van der Waals surface area contributed by atoms with Crippen molar-refractivity contribution in [3.8, 4) is 0 Å². The van der Waals surface area contributed by atoms with Gasteiger partial charge in [0.05, 0.1) is 24.6 Å². The molecule has 90 valence electrons. The highest BCUT2D eigenvalue weighted by Gasteiger charge is 2.10. The average Bonchev–Trinajstić information content (AvgIpc) is 2.69. The highest BCUT2D eigenvalue weighted by Crippen LogP contribution is 2.10. The number of hydrogen-bond acceptors (Lipinski definition) is 5. The minimum atomic E-state index is -0.472. The maximum absolute atomic E-state index is 11.7. The minimum absolute atomic E-state index is 0.243. The largest absolute Gasteiger partial charge is 0.421 e. The first-order valence-corrected chi connectivity index (χ1v) is 5.52. The van der Waals surface area contributed by atoms with Crippen molar-refractivity contribution in [1.82, 2.24) is 19.5 Å². The van der Waals surface area contributed by atoms with E-state index in [1.807, 2.05) is 0 Å². The van der Waals surface area contributed by atoms with Crippen LogP contribution in [0.1, 0.15) is 5.69 Å². The van der Waals surface area contributed by atoms with Crippen LogP contribution in [-0.2, 0) is 6.54 Å². The molecule has 0 aromatic carbocycles. The van der Waals surface area contributed by atoms with Crippen LogP contribution in [0.2, 0.25) is 5.15 Å². The fourth-order valence-corrected chi connectivity index (χ4v) is 1.72. The Bertz CT molecular complexity index is 748. The molecule has 3 rings (SSSR count). The third kappa shape index (κ3) is 1.86. The smallest absolute Gasteiger partial charge is 0.406 e. The number of aromatic nitrogens is 4. The first kappa shape index (κ1) is 10.9. The maximum Gasteiger partial charge on any atom is 0.421 e. The fraction of sp³-hybridized carbons (Fsp3) is 0.0909. The normalized spacial score (nSPS) is 10.9. The van der Waals surface area contributed by atoms with E-state index in [1.165, 1.54) is 17.0 Å². The lowest BCUT2D eigenvalue weighted by Gasteiger charge is -2.00. The average molecular weight is 263 g/mol. The lowest BCUT2D eigenvalue weighted by molar-refractivity contribution is 0.515. The molecule has 3 aromatic rings. The molecular weight excluding hydrogens is 256 g/mol. The van der Waals surface area contributed by atoms with Crippen LogP contribution >= 0.6 is 11.6 Å². The van der Waals surface area contributed by atoms with Crippen molar-refractivity contribution in [1.29, 1.82) is 0 Å². The van der Waals surface area contributed by atoms with E-state index in [9.17, 15) is 4.79 Å². The van der Waals surface area contributed by atoms with E-state index in [0.717, 1.165) is 0 Å². The topological polar surface area (TPSA) is 73.8 Å². The maximum atomic E-state index is 11.7. The van der Waals surface area contributed by atoms with E-state index in [2.05, 4.69) is 15.0 Å². The first-order chi connectivity index (χ1) is 8.74. The zero-order chi connectivity index (χ0) is 12.5. The Balaban J connectivity index is 2.07. The highest BCUT2D eigenvalue weighted by molar-refractivity contribution is 6.29. The van der Waals surface area contributed by atoms with Gasteiger partial charge >= 0.3 is 5.76 Å². The van der Waals surface area contributed by atoms with E-state index >= 15 is 0 Å². The molecule has 0 amide bonds. The van der Waals surface area contributed by atoms with E-state index < -0.39 is 5.76 Å². The Morgan fingerprint density at radius 2 is 2.17 bits per heavy atom. The molecule has 0 aliphatic heterocycles. The Morgan fingerprint density at radius 1 is 1.28 bits per heavy atom. The molecule has 0 saturated carbocycles. The Hall–Kier alpha value is -2.21. The van der Waals surface area contributed by atoms with Crippen LogP contribution in [0.3, 0.4) is 0 Å². The van der Waals surface area contributed by atoms with Crippen LogP contribution in [0.4, 0.5) is 0 Å². The predicted molar refractivity (Wildman–Crippen MR) is 64.4 cm³/mol. The molecule has 0 bridgehead atoms. The summed E-state index contributed by atoms with van der Waals surface area (Å²) >= 11 is 5.65. The van der Waals surface area contributed by atoms with Gasteiger partial charge < -0.3 is 4.42 Å². The van der Waals surface area contributed by atoms with Crippen LogP contribution in [0.25, 0.3) is 11.2 Å². The van der Waals surface area contributed by atoms with Crippen molar-refractivity contribution in [2.24, 2.45) is 0 Å². The van der Waals surface area contributed by atoms with Gasteiger partial charge in [0.25, 0.3) is 0 Å². The Labute approximate surface area is 106 Å². The molecule has 0 atom stereocenters. The quantitative estimate of drug-likeness (QED) is 0.699. The molecule has 0 N–H and O–H groups in total. The lowest BCUT2D eigenvalue weighted by Crippen LogP contribution is -2.16. The summed E-state index contributed by atoms with van der Waals surface area (Å²) in [6.07, 6.45) is 4.54. The molecule has 0 spiro atoms. The van der Waals surface area contributed by atoms with Crippen LogP contribution in [-0.4, -0.2) is 19.5 Å². The predicted octanol–water partition coefficient (Wildman–Crippen LogP) is 1.48. The molecule has 18 heavy (non-hydrogen) atoms. The highest BCUT2D eigenvalue weighted by atomic mass is 35.5. The molecule has 0 aliphatic carbocycles. The Kier molecular flexibility index (Phi) is 2.56.